The SMILES string of the molecule is CSc1ccc(CN2CCC[C@@H](N)C2)cc1.Cl. The van der Waals surface area contributed by atoms with Gasteiger partial charge in [-0.1, -0.05) is 12.1 Å². The molecule has 1 atom stereocenters. The third-order valence-electron chi connectivity index (χ3n) is 3.11. The van der Waals surface area contributed by atoms with Crippen LogP contribution in [0.4, 0.5) is 0 Å². The molecule has 0 amide bonds. The highest BCUT2D eigenvalue weighted by molar-refractivity contribution is 7.98. The van der Waals surface area contributed by atoms with Gasteiger partial charge in [0.2, 0.25) is 0 Å². The van der Waals surface area contributed by atoms with Gasteiger partial charge in [-0.15, -0.1) is 24.2 Å². The molecule has 2 N–H and O–H groups in total. The lowest BCUT2D eigenvalue weighted by molar-refractivity contribution is 0.201. The molecule has 2 nitrogen and oxygen atoms in total. The summed E-state index contributed by atoms with van der Waals surface area (Å²) in [7, 11) is 0. The largest absolute Gasteiger partial charge is 0.327 e. The van der Waals surface area contributed by atoms with E-state index in [1.165, 1.54) is 29.8 Å². The van der Waals surface area contributed by atoms with Crippen LogP contribution in [0.2, 0.25) is 0 Å². The molecule has 17 heavy (non-hydrogen) atoms. The molecular formula is C13H21ClN2S. The number of benzene rings is 1. The van der Waals surface area contributed by atoms with Crippen LogP contribution in [0, 0.1) is 0 Å². The predicted molar refractivity (Wildman–Crippen MR) is 78.0 cm³/mol. The Hall–Kier alpha value is -0.220. The van der Waals surface area contributed by atoms with Gasteiger partial charge in [0.25, 0.3) is 0 Å². The Morgan fingerprint density at radius 3 is 2.65 bits per heavy atom. The highest BCUT2D eigenvalue weighted by Gasteiger charge is 2.16. The number of piperidine rings is 1. The van der Waals surface area contributed by atoms with E-state index < -0.39 is 0 Å². The minimum absolute atomic E-state index is 0. The summed E-state index contributed by atoms with van der Waals surface area (Å²) < 4.78 is 0. The van der Waals surface area contributed by atoms with Gasteiger partial charge in [-0.25, -0.2) is 0 Å². The molecule has 1 saturated heterocycles. The van der Waals surface area contributed by atoms with Crippen molar-refractivity contribution in [2.24, 2.45) is 5.73 Å². The first kappa shape index (κ1) is 14.8. The van der Waals surface area contributed by atoms with E-state index in [9.17, 15) is 0 Å². The van der Waals surface area contributed by atoms with E-state index in [0.29, 0.717) is 6.04 Å². The molecule has 1 aromatic carbocycles. The van der Waals surface area contributed by atoms with Gasteiger partial charge in [-0.05, 0) is 43.3 Å². The lowest BCUT2D eigenvalue weighted by Crippen LogP contribution is -2.42. The molecule has 1 fully saturated rings. The molecule has 0 aliphatic carbocycles. The van der Waals surface area contributed by atoms with Crippen LogP contribution in [0.15, 0.2) is 29.2 Å². The van der Waals surface area contributed by atoms with Gasteiger partial charge in [-0.3, -0.25) is 4.90 Å². The number of halogens is 1. The van der Waals surface area contributed by atoms with Crippen LogP contribution >= 0.6 is 24.2 Å². The van der Waals surface area contributed by atoms with Crippen LogP contribution in [-0.4, -0.2) is 30.3 Å². The standard InChI is InChI=1S/C13H20N2S.ClH/c1-16-13-6-4-11(5-7-13)9-15-8-2-3-12(14)10-15;/h4-7,12H,2-3,8-10,14H2,1H3;1H/t12-;/m1./s1. The maximum atomic E-state index is 5.98. The first-order valence-electron chi connectivity index (χ1n) is 5.89. The fourth-order valence-electron chi connectivity index (χ4n) is 2.22. The van der Waals surface area contributed by atoms with Crippen molar-refractivity contribution in [3.8, 4) is 0 Å². The van der Waals surface area contributed by atoms with Crippen LogP contribution in [0.25, 0.3) is 0 Å². The van der Waals surface area contributed by atoms with Crippen molar-refractivity contribution in [3.05, 3.63) is 29.8 Å². The van der Waals surface area contributed by atoms with Crippen LogP contribution in [-0.2, 0) is 6.54 Å². The molecule has 0 spiro atoms. The second-order valence-electron chi connectivity index (χ2n) is 4.49. The average molecular weight is 273 g/mol. The third kappa shape index (κ3) is 4.51. The topological polar surface area (TPSA) is 29.3 Å². The summed E-state index contributed by atoms with van der Waals surface area (Å²) in [6.07, 6.45) is 4.53. The van der Waals surface area contributed by atoms with E-state index in [4.69, 9.17) is 5.73 Å². The fourth-order valence-corrected chi connectivity index (χ4v) is 2.63. The summed E-state index contributed by atoms with van der Waals surface area (Å²) in [6.45, 7) is 3.28. The summed E-state index contributed by atoms with van der Waals surface area (Å²) in [5, 5.41) is 0. The zero-order valence-corrected chi connectivity index (χ0v) is 11.9. The second-order valence-corrected chi connectivity index (χ2v) is 5.37. The number of hydrogen-bond donors (Lipinski definition) is 1. The van der Waals surface area contributed by atoms with E-state index in [-0.39, 0.29) is 12.4 Å². The number of nitrogens with two attached hydrogens (primary N) is 1. The van der Waals surface area contributed by atoms with Crippen LogP contribution in [0.5, 0.6) is 0 Å². The van der Waals surface area contributed by atoms with Crippen molar-refractivity contribution < 1.29 is 0 Å². The number of hydrogen-bond acceptors (Lipinski definition) is 3. The lowest BCUT2D eigenvalue weighted by Gasteiger charge is -2.30. The van der Waals surface area contributed by atoms with E-state index in [2.05, 4.69) is 35.4 Å². The highest BCUT2D eigenvalue weighted by Crippen LogP contribution is 2.17. The zero-order chi connectivity index (χ0) is 11.4. The normalized spacial score (nSPS) is 20.9. The molecular weight excluding hydrogens is 252 g/mol. The minimum Gasteiger partial charge on any atom is -0.327 e. The van der Waals surface area contributed by atoms with Crippen molar-refractivity contribution in [3.63, 3.8) is 0 Å². The Morgan fingerprint density at radius 1 is 1.35 bits per heavy atom. The molecule has 2 rings (SSSR count). The first-order valence-corrected chi connectivity index (χ1v) is 7.11. The van der Waals surface area contributed by atoms with Gasteiger partial charge in [0.1, 0.15) is 0 Å². The molecule has 0 radical (unpaired) electrons. The van der Waals surface area contributed by atoms with Gasteiger partial charge in [0.05, 0.1) is 0 Å². The van der Waals surface area contributed by atoms with Crippen molar-refractivity contribution in [2.75, 3.05) is 19.3 Å². The molecule has 0 aromatic heterocycles. The van der Waals surface area contributed by atoms with E-state index in [1.807, 2.05) is 0 Å². The van der Waals surface area contributed by atoms with E-state index in [0.717, 1.165) is 13.1 Å². The van der Waals surface area contributed by atoms with Crippen molar-refractivity contribution in [2.45, 2.75) is 30.3 Å². The fraction of sp³-hybridized carbons (Fsp3) is 0.538. The molecule has 96 valence electrons. The number of likely N-dealkylation sites (tertiary alicyclic amines) is 1. The lowest BCUT2D eigenvalue weighted by atomic mass is 10.1. The van der Waals surface area contributed by atoms with E-state index >= 15 is 0 Å². The quantitative estimate of drug-likeness (QED) is 0.858. The maximum absolute atomic E-state index is 5.98. The Balaban J connectivity index is 0.00000144. The van der Waals surface area contributed by atoms with Crippen LogP contribution in [0.3, 0.4) is 0 Å². The molecule has 4 heteroatoms. The van der Waals surface area contributed by atoms with E-state index in [1.54, 1.807) is 11.8 Å². The van der Waals surface area contributed by atoms with Crippen LogP contribution in [0.1, 0.15) is 18.4 Å². The van der Waals surface area contributed by atoms with Crippen LogP contribution < -0.4 is 5.73 Å². The number of nitrogens with zero attached hydrogens (tertiary/aromatic N) is 1. The summed E-state index contributed by atoms with van der Waals surface area (Å²) in [4.78, 5) is 3.79. The molecule has 1 heterocycles. The summed E-state index contributed by atoms with van der Waals surface area (Å²) in [5.41, 5.74) is 7.37. The summed E-state index contributed by atoms with van der Waals surface area (Å²) in [5.74, 6) is 0. The van der Waals surface area contributed by atoms with Gasteiger partial charge in [0, 0.05) is 24.0 Å². The molecule has 0 unspecified atom stereocenters. The van der Waals surface area contributed by atoms with Gasteiger partial charge < -0.3 is 5.73 Å². The molecule has 0 bridgehead atoms. The Labute approximate surface area is 114 Å². The van der Waals surface area contributed by atoms with Crippen molar-refractivity contribution >= 4 is 24.2 Å². The van der Waals surface area contributed by atoms with Gasteiger partial charge in [0.15, 0.2) is 0 Å². The smallest absolute Gasteiger partial charge is 0.0234 e. The average Bonchev–Trinajstić information content (AvgIpc) is 2.30. The molecule has 1 aliphatic rings. The zero-order valence-electron chi connectivity index (χ0n) is 10.3. The monoisotopic (exact) mass is 272 g/mol. The predicted octanol–water partition coefficient (Wildman–Crippen LogP) is 2.75. The van der Waals surface area contributed by atoms with Crippen molar-refractivity contribution in [1.29, 1.82) is 0 Å². The molecule has 1 aromatic rings. The Kier molecular flexibility index (Phi) is 6.34. The first-order chi connectivity index (χ1) is 7.78. The maximum Gasteiger partial charge on any atom is 0.0234 e. The number of rotatable bonds is 3. The Morgan fingerprint density at radius 2 is 2.06 bits per heavy atom. The summed E-state index contributed by atoms with van der Waals surface area (Å²) in [6, 6.07) is 9.23. The number of thioether (sulfide) groups is 1. The second kappa shape index (κ2) is 7.27. The van der Waals surface area contributed by atoms with Crippen molar-refractivity contribution in [1.82, 2.24) is 4.90 Å². The molecule has 1 aliphatic heterocycles. The van der Waals surface area contributed by atoms with Gasteiger partial charge >= 0.3 is 0 Å². The molecule has 0 saturated carbocycles. The minimum atomic E-state index is 0. The third-order valence-corrected chi connectivity index (χ3v) is 3.85. The summed E-state index contributed by atoms with van der Waals surface area (Å²) >= 11 is 1.79. The van der Waals surface area contributed by atoms with Gasteiger partial charge in [-0.2, -0.15) is 0 Å². The Bertz CT molecular complexity index is 329. The highest BCUT2D eigenvalue weighted by atomic mass is 35.5.